The quantitative estimate of drug-likeness (QED) is 0.322. The normalized spacial score (nSPS) is 10.3. The Morgan fingerprint density at radius 2 is 2.24 bits per heavy atom. The van der Waals surface area contributed by atoms with Crippen molar-refractivity contribution in [3.8, 4) is 0 Å². The molecule has 0 fully saturated rings. The average molecular weight is 239 g/mol. The van der Waals surface area contributed by atoms with Crippen LogP contribution in [0.2, 0.25) is 0 Å². The van der Waals surface area contributed by atoms with Gasteiger partial charge in [-0.25, -0.2) is 5.84 Å². The molecule has 0 saturated carbocycles. The lowest BCUT2D eigenvalue weighted by molar-refractivity contribution is 0.0951. The number of hydrogen-bond donors (Lipinski definition) is 2. The summed E-state index contributed by atoms with van der Waals surface area (Å²) >= 11 is 0. The van der Waals surface area contributed by atoms with E-state index in [1.54, 1.807) is 17.7 Å². The lowest BCUT2D eigenvalue weighted by Gasteiger charge is -2.11. The van der Waals surface area contributed by atoms with Crippen molar-refractivity contribution in [1.82, 2.24) is 9.99 Å². The molecule has 0 spiro atoms. The van der Waals surface area contributed by atoms with E-state index in [4.69, 9.17) is 10.6 Å². The summed E-state index contributed by atoms with van der Waals surface area (Å²) in [5.41, 5.74) is 2.49. The Labute approximate surface area is 99.3 Å². The number of nitrogens with two attached hydrogens (primary N) is 1. The number of rotatable bonds is 5. The fourth-order valence-corrected chi connectivity index (χ4v) is 1.57. The molecular weight excluding hydrogens is 222 g/mol. The number of nitrogens with one attached hydrogen (secondary N) is 1. The van der Waals surface area contributed by atoms with Crippen molar-refractivity contribution in [3.63, 3.8) is 0 Å². The Morgan fingerprint density at radius 3 is 2.82 bits per heavy atom. The van der Waals surface area contributed by atoms with Crippen LogP contribution < -0.4 is 16.8 Å². The number of nitrogens with zero attached hydrogens (tertiary/aromatic N) is 1. The van der Waals surface area contributed by atoms with Gasteiger partial charge in [0.25, 0.3) is 11.5 Å². The molecule has 0 aliphatic heterocycles. The topological polar surface area (TPSA) is 86.3 Å². The van der Waals surface area contributed by atoms with Gasteiger partial charge in [0.05, 0.1) is 0 Å². The standard InChI is InChI=1S/C11H17N3O3/c1-8-4-5-9(10(15)13-12)11(16)14(8)6-3-7-17-2/h4-5H,3,6-7,12H2,1-2H3,(H,13,15). The Kier molecular flexibility index (Phi) is 4.86. The van der Waals surface area contributed by atoms with Gasteiger partial charge in [-0.1, -0.05) is 0 Å². The molecule has 0 atom stereocenters. The van der Waals surface area contributed by atoms with Crippen LogP contribution in [0.5, 0.6) is 0 Å². The molecule has 0 radical (unpaired) electrons. The fourth-order valence-electron chi connectivity index (χ4n) is 1.57. The fraction of sp³-hybridized carbons (Fsp3) is 0.455. The third-order valence-corrected chi connectivity index (χ3v) is 2.50. The first kappa shape index (κ1) is 13.4. The maximum absolute atomic E-state index is 12.0. The van der Waals surface area contributed by atoms with E-state index < -0.39 is 5.91 Å². The first-order valence-corrected chi connectivity index (χ1v) is 5.32. The van der Waals surface area contributed by atoms with Crippen LogP contribution in [-0.4, -0.2) is 24.2 Å². The molecule has 1 heterocycles. The molecule has 3 N–H and O–H groups in total. The largest absolute Gasteiger partial charge is 0.385 e. The third kappa shape index (κ3) is 3.15. The highest BCUT2D eigenvalue weighted by molar-refractivity contribution is 5.93. The Hall–Kier alpha value is -1.66. The molecule has 0 saturated heterocycles. The van der Waals surface area contributed by atoms with Crippen molar-refractivity contribution in [1.29, 1.82) is 0 Å². The second kappa shape index (κ2) is 6.17. The van der Waals surface area contributed by atoms with Gasteiger partial charge in [0, 0.05) is 26.0 Å². The summed E-state index contributed by atoms with van der Waals surface area (Å²) in [6.07, 6.45) is 0.713. The molecule has 0 aliphatic carbocycles. The molecule has 0 bridgehead atoms. The third-order valence-electron chi connectivity index (χ3n) is 2.50. The van der Waals surface area contributed by atoms with Gasteiger partial charge in [-0.3, -0.25) is 15.0 Å². The SMILES string of the molecule is COCCCn1c(C)ccc(C(=O)NN)c1=O. The minimum absolute atomic E-state index is 0.0514. The van der Waals surface area contributed by atoms with Crippen molar-refractivity contribution >= 4 is 5.91 Å². The van der Waals surface area contributed by atoms with Crippen LogP contribution in [0.3, 0.4) is 0 Å². The summed E-state index contributed by atoms with van der Waals surface area (Å²) in [4.78, 5) is 23.3. The summed E-state index contributed by atoms with van der Waals surface area (Å²) in [6.45, 7) is 2.90. The van der Waals surface area contributed by atoms with Gasteiger partial charge in [-0.2, -0.15) is 0 Å². The number of hydrazine groups is 1. The van der Waals surface area contributed by atoms with E-state index in [0.717, 1.165) is 5.69 Å². The van der Waals surface area contributed by atoms with E-state index in [2.05, 4.69) is 0 Å². The summed E-state index contributed by atoms with van der Waals surface area (Å²) < 4.78 is 6.47. The number of carbonyl (C=O) groups is 1. The molecule has 1 aromatic rings. The van der Waals surface area contributed by atoms with Crippen LogP contribution in [0, 0.1) is 6.92 Å². The number of amides is 1. The summed E-state index contributed by atoms with van der Waals surface area (Å²) in [5.74, 6) is 4.44. The van der Waals surface area contributed by atoms with Gasteiger partial charge in [-0.05, 0) is 25.5 Å². The molecule has 1 aromatic heterocycles. The molecule has 6 nitrogen and oxygen atoms in total. The molecule has 0 aliphatic rings. The minimum atomic E-state index is -0.574. The van der Waals surface area contributed by atoms with Crippen molar-refractivity contribution in [2.24, 2.45) is 5.84 Å². The molecule has 17 heavy (non-hydrogen) atoms. The van der Waals surface area contributed by atoms with Crippen LogP contribution in [0.25, 0.3) is 0 Å². The maximum atomic E-state index is 12.0. The zero-order valence-corrected chi connectivity index (χ0v) is 10.0. The number of hydrogen-bond acceptors (Lipinski definition) is 4. The summed E-state index contributed by atoms with van der Waals surface area (Å²) in [5, 5.41) is 0. The number of pyridine rings is 1. The Morgan fingerprint density at radius 1 is 1.53 bits per heavy atom. The minimum Gasteiger partial charge on any atom is -0.385 e. The zero-order chi connectivity index (χ0) is 12.8. The molecular formula is C11H17N3O3. The number of aryl methyl sites for hydroxylation is 1. The van der Waals surface area contributed by atoms with E-state index in [1.165, 1.54) is 6.07 Å². The van der Waals surface area contributed by atoms with Crippen LogP contribution in [0.4, 0.5) is 0 Å². The molecule has 0 aromatic carbocycles. The number of nitrogen functional groups attached to an aromatic ring is 1. The number of aromatic nitrogens is 1. The average Bonchev–Trinajstić information content (AvgIpc) is 2.32. The molecule has 1 rings (SSSR count). The van der Waals surface area contributed by atoms with Crippen LogP contribution in [-0.2, 0) is 11.3 Å². The molecule has 6 heteroatoms. The van der Waals surface area contributed by atoms with Crippen molar-refractivity contribution in [2.75, 3.05) is 13.7 Å². The van der Waals surface area contributed by atoms with Crippen molar-refractivity contribution in [2.45, 2.75) is 19.9 Å². The smallest absolute Gasteiger partial charge is 0.270 e. The highest BCUT2D eigenvalue weighted by atomic mass is 16.5. The Bertz CT molecular complexity index is 454. The van der Waals surface area contributed by atoms with E-state index in [1.807, 2.05) is 12.3 Å². The van der Waals surface area contributed by atoms with E-state index >= 15 is 0 Å². The maximum Gasteiger partial charge on any atom is 0.270 e. The first-order chi connectivity index (χ1) is 8.11. The number of ether oxygens (including phenoxy) is 1. The first-order valence-electron chi connectivity index (χ1n) is 5.32. The molecule has 94 valence electrons. The van der Waals surface area contributed by atoms with Crippen LogP contribution in [0.1, 0.15) is 22.5 Å². The summed E-state index contributed by atoms with van der Waals surface area (Å²) in [6, 6.07) is 3.20. The predicted molar refractivity (Wildman–Crippen MR) is 63.6 cm³/mol. The second-order valence-electron chi connectivity index (χ2n) is 3.66. The highest BCUT2D eigenvalue weighted by Gasteiger charge is 2.12. The van der Waals surface area contributed by atoms with Gasteiger partial charge in [0.1, 0.15) is 5.56 Å². The van der Waals surface area contributed by atoms with Gasteiger partial charge >= 0.3 is 0 Å². The van der Waals surface area contributed by atoms with E-state index in [0.29, 0.717) is 19.6 Å². The predicted octanol–water partition coefficient (Wildman–Crippen LogP) is -0.203. The second-order valence-corrected chi connectivity index (χ2v) is 3.66. The lowest BCUT2D eigenvalue weighted by atomic mass is 10.2. The van der Waals surface area contributed by atoms with Gasteiger partial charge in [0.15, 0.2) is 0 Å². The van der Waals surface area contributed by atoms with Gasteiger partial charge in [0.2, 0.25) is 0 Å². The van der Waals surface area contributed by atoms with Crippen molar-refractivity contribution < 1.29 is 9.53 Å². The molecule has 0 unspecified atom stereocenters. The summed E-state index contributed by atoms with van der Waals surface area (Å²) in [7, 11) is 1.61. The van der Waals surface area contributed by atoms with E-state index in [9.17, 15) is 9.59 Å². The van der Waals surface area contributed by atoms with Crippen molar-refractivity contribution in [3.05, 3.63) is 33.7 Å². The number of methoxy groups -OCH3 is 1. The number of carbonyl (C=O) groups excluding carboxylic acids is 1. The highest BCUT2D eigenvalue weighted by Crippen LogP contribution is 2.00. The monoisotopic (exact) mass is 239 g/mol. The van der Waals surface area contributed by atoms with Crippen LogP contribution in [0.15, 0.2) is 16.9 Å². The van der Waals surface area contributed by atoms with E-state index in [-0.39, 0.29) is 11.1 Å². The Balaban J connectivity index is 3.03. The zero-order valence-electron chi connectivity index (χ0n) is 10.0. The lowest BCUT2D eigenvalue weighted by Crippen LogP contribution is -2.37. The molecule has 1 amide bonds. The van der Waals surface area contributed by atoms with Crippen LogP contribution >= 0.6 is 0 Å². The van der Waals surface area contributed by atoms with Gasteiger partial charge in [-0.15, -0.1) is 0 Å². The van der Waals surface area contributed by atoms with Gasteiger partial charge < -0.3 is 9.30 Å².